The summed E-state index contributed by atoms with van der Waals surface area (Å²) in [5.41, 5.74) is 2.38. The lowest BCUT2D eigenvalue weighted by atomic mass is 10.1. The first-order valence-corrected chi connectivity index (χ1v) is 7.79. The molecule has 11 heteroatoms. The zero-order chi connectivity index (χ0) is 20.3. The lowest BCUT2D eigenvalue weighted by Crippen LogP contribution is -2.21. The fourth-order valence-electron chi connectivity index (χ4n) is 2.02. The fourth-order valence-corrected chi connectivity index (χ4v) is 2.02. The fraction of sp³-hybridized carbons (Fsp3) is 0.375. The number of nitrogens with one attached hydrogen (secondary N) is 1. The van der Waals surface area contributed by atoms with Crippen molar-refractivity contribution < 1.29 is 41.0 Å². The van der Waals surface area contributed by atoms with Crippen LogP contribution in [0.2, 0.25) is 0 Å². The summed E-state index contributed by atoms with van der Waals surface area (Å²) >= 11 is 0. The minimum Gasteiger partial charge on any atom is -0.428 e. The Labute approximate surface area is 150 Å². The Morgan fingerprint density at radius 2 is 1.85 bits per heavy atom. The number of alkyl halides is 2. The molecule has 148 valence electrons. The zero-order valence-corrected chi connectivity index (χ0v) is 14.0. The predicted molar refractivity (Wildman–Crippen MR) is 82.3 cm³/mol. The molecule has 0 atom stereocenters. The number of hydrogen-bond acceptors (Lipinski definition) is 6. The van der Waals surface area contributed by atoms with E-state index in [-0.39, 0.29) is 18.0 Å². The summed E-state index contributed by atoms with van der Waals surface area (Å²) in [5.74, 6) is -11.0. The Morgan fingerprint density at radius 3 is 2.37 bits per heavy atom. The van der Waals surface area contributed by atoms with Gasteiger partial charge in [-0.05, 0) is 19.3 Å². The molecule has 1 saturated carbocycles. The van der Waals surface area contributed by atoms with Crippen molar-refractivity contribution in [3.05, 3.63) is 34.8 Å². The van der Waals surface area contributed by atoms with Crippen molar-refractivity contribution in [2.24, 2.45) is 0 Å². The number of nitrogens with two attached hydrogens (primary N) is 1. The number of halogens is 5. The van der Waals surface area contributed by atoms with Crippen LogP contribution < -0.4 is 15.8 Å². The first-order valence-electron chi connectivity index (χ1n) is 7.79. The topological polar surface area (TPSA) is 90.7 Å². The van der Waals surface area contributed by atoms with Crippen LogP contribution in [-0.4, -0.2) is 24.6 Å². The van der Waals surface area contributed by atoms with E-state index in [9.17, 15) is 31.5 Å². The van der Waals surface area contributed by atoms with Crippen molar-refractivity contribution in [1.29, 1.82) is 0 Å². The SMILES string of the molecule is CCC(=CNC1CC1)C(=O)OC(=O)c1c(N)c(F)c(F)c(OC(F)F)c1F. The third kappa shape index (κ3) is 4.66. The van der Waals surface area contributed by atoms with Crippen LogP contribution in [0.15, 0.2) is 11.8 Å². The standard InChI is InChI=1S/C16H15F5N2O4/c1-2-6(5-23-7-3-4-7)14(24)27-15(25)8-9(17)13(26-16(20)21)11(19)10(18)12(8)22/h5,7,16,23H,2-4,22H2,1H3. The van der Waals surface area contributed by atoms with Gasteiger partial charge in [-0.1, -0.05) is 6.92 Å². The Kier molecular flexibility index (Phi) is 6.24. The molecule has 0 aliphatic heterocycles. The molecule has 1 aliphatic rings. The van der Waals surface area contributed by atoms with Crippen molar-refractivity contribution in [3.63, 3.8) is 0 Å². The molecule has 0 unspecified atom stereocenters. The molecule has 1 aromatic carbocycles. The average Bonchev–Trinajstić information content (AvgIpc) is 3.41. The summed E-state index contributed by atoms with van der Waals surface area (Å²) in [6, 6.07) is 0.198. The monoisotopic (exact) mass is 394 g/mol. The number of ether oxygens (including phenoxy) is 2. The Morgan fingerprint density at radius 1 is 1.22 bits per heavy atom. The van der Waals surface area contributed by atoms with E-state index in [4.69, 9.17) is 5.73 Å². The number of rotatable bonds is 7. The first-order chi connectivity index (χ1) is 12.7. The summed E-state index contributed by atoms with van der Waals surface area (Å²) in [6.07, 6.45) is 3.28. The van der Waals surface area contributed by atoms with E-state index >= 15 is 0 Å². The zero-order valence-electron chi connectivity index (χ0n) is 14.0. The maximum atomic E-state index is 14.2. The van der Waals surface area contributed by atoms with Gasteiger partial charge in [0, 0.05) is 12.2 Å². The van der Waals surface area contributed by atoms with Gasteiger partial charge in [-0.25, -0.2) is 18.4 Å². The summed E-state index contributed by atoms with van der Waals surface area (Å²) in [4.78, 5) is 24.0. The van der Waals surface area contributed by atoms with E-state index in [0.717, 1.165) is 12.8 Å². The molecule has 1 fully saturated rings. The predicted octanol–water partition coefficient (Wildman–Crippen LogP) is 3.02. The van der Waals surface area contributed by atoms with Gasteiger partial charge in [0.1, 0.15) is 5.56 Å². The molecular formula is C16H15F5N2O4. The van der Waals surface area contributed by atoms with Crippen LogP contribution in [0, 0.1) is 17.5 Å². The van der Waals surface area contributed by atoms with E-state index in [2.05, 4.69) is 14.8 Å². The van der Waals surface area contributed by atoms with Gasteiger partial charge in [0.2, 0.25) is 11.6 Å². The number of hydrogen-bond donors (Lipinski definition) is 2. The minimum atomic E-state index is -3.70. The van der Waals surface area contributed by atoms with Crippen molar-refractivity contribution in [1.82, 2.24) is 5.32 Å². The highest BCUT2D eigenvalue weighted by atomic mass is 19.3. The maximum Gasteiger partial charge on any atom is 0.387 e. The summed E-state index contributed by atoms with van der Waals surface area (Å²) in [5, 5.41) is 2.89. The van der Waals surface area contributed by atoms with Crippen LogP contribution in [0.3, 0.4) is 0 Å². The average molecular weight is 394 g/mol. The Hall–Kier alpha value is -2.85. The van der Waals surface area contributed by atoms with Crippen LogP contribution in [0.1, 0.15) is 36.5 Å². The molecule has 1 aromatic rings. The third-order valence-corrected chi connectivity index (χ3v) is 3.63. The molecule has 3 N–H and O–H groups in total. The molecule has 0 radical (unpaired) electrons. The van der Waals surface area contributed by atoms with E-state index in [1.807, 2.05) is 0 Å². The number of carbonyl (C=O) groups excluding carboxylic acids is 2. The van der Waals surface area contributed by atoms with Crippen LogP contribution in [0.25, 0.3) is 0 Å². The van der Waals surface area contributed by atoms with E-state index < -0.39 is 53.0 Å². The van der Waals surface area contributed by atoms with Gasteiger partial charge in [0.15, 0.2) is 11.6 Å². The van der Waals surface area contributed by atoms with Gasteiger partial charge < -0.3 is 20.5 Å². The lowest BCUT2D eigenvalue weighted by Gasteiger charge is -2.13. The molecule has 6 nitrogen and oxygen atoms in total. The first kappa shape index (κ1) is 20.5. The van der Waals surface area contributed by atoms with Gasteiger partial charge in [-0.3, -0.25) is 0 Å². The van der Waals surface area contributed by atoms with Gasteiger partial charge >= 0.3 is 18.6 Å². The second-order valence-electron chi connectivity index (χ2n) is 5.58. The number of anilines is 1. The van der Waals surface area contributed by atoms with Crippen LogP contribution in [-0.2, 0) is 9.53 Å². The molecule has 0 bridgehead atoms. The van der Waals surface area contributed by atoms with Crippen molar-refractivity contribution in [2.45, 2.75) is 38.8 Å². The van der Waals surface area contributed by atoms with Gasteiger partial charge in [-0.2, -0.15) is 13.2 Å². The second-order valence-corrected chi connectivity index (χ2v) is 5.58. The number of benzene rings is 1. The minimum absolute atomic E-state index is 0.0147. The number of esters is 2. The van der Waals surface area contributed by atoms with Crippen LogP contribution in [0.4, 0.5) is 27.6 Å². The highest BCUT2D eigenvalue weighted by Gasteiger charge is 2.32. The molecule has 0 heterocycles. The summed E-state index contributed by atoms with van der Waals surface area (Å²) < 4.78 is 74.0. The number of nitrogen functional groups attached to an aromatic ring is 1. The lowest BCUT2D eigenvalue weighted by molar-refractivity contribution is -0.133. The van der Waals surface area contributed by atoms with Gasteiger partial charge in [0.25, 0.3) is 0 Å². The van der Waals surface area contributed by atoms with Crippen LogP contribution in [0.5, 0.6) is 5.75 Å². The maximum absolute atomic E-state index is 14.2. The molecule has 0 aromatic heterocycles. The smallest absolute Gasteiger partial charge is 0.387 e. The molecule has 27 heavy (non-hydrogen) atoms. The summed E-state index contributed by atoms with van der Waals surface area (Å²) in [6.45, 7) is -2.13. The Balaban J connectivity index is 2.30. The van der Waals surface area contributed by atoms with Crippen LogP contribution >= 0.6 is 0 Å². The largest absolute Gasteiger partial charge is 0.428 e. The van der Waals surface area contributed by atoms with E-state index in [1.54, 1.807) is 6.92 Å². The number of carbonyl (C=O) groups is 2. The normalized spacial score (nSPS) is 14.3. The molecule has 0 saturated heterocycles. The molecular weight excluding hydrogens is 379 g/mol. The third-order valence-electron chi connectivity index (χ3n) is 3.63. The molecule has 0 amide bonds. The van der Waals surface area contributed by atoms with Crippen molar-refractivity contribution in [2.75, 3.05) is 5.73 Å². The van der Waals surface area contributed by atoms with Crippen molar-refractivity contribution in [3.8, 4) is 5.75 Å². The Bertz CT molecular complexity index is 794. The molecule has 0 spiro atoms. The second kappa shape index (κ2) is 8.23. The highest BCUT2D eigenvalue weighted by Crippen LogP contribution is 2.34. The molecule has 2 rings (SSSR count). The van der Waals surface area contributed by atoms with Gasteiger partial charge in [0.05, 0.1) is 11.3 Å². The van der Waals surface area contributed by atoms with Crippen molar-refractivity contribution >= 4 is 17.6 Å². The van der Waals surface area contributed by atoms with E-state index in [1.165, 1.54) is 6.20 Å². The summed E-state index contributed by atoms with van der Waals surface area (Å²) in [7, 11) is 0. The van der Waals surface area contributed by atoms with Gasteiger partial charge in [-0.15, -0.1) is 0 Å². The highest BCUT2D eigenvalue weighted by molar-refractivity contribution is 6.05. The quantitative estimate of drug-likeness (QED) is 0.185. The molecule has 1 aliphatic carbocycles. The van der Waals surface area contributed by atoms with E-state index in [0.29, 0.717) is 0 Å².